The molecule has 2 aromatic carbocycles. The van der Waals surface area contributed by atoms with E-state index in [1.54, 1.807) is 19.2 Å². The van der Waals surface area contributed by atoms with Crippen LogP contribution in [0, 0.1) is 0 Å². The maximum absolute atomic E-state index is 11.4. The van der Waals surface area contributed by atoms with Gasteiger partial charge in [0, 0.05) is 0 Å². The van der Waals surface area contributed by atoms with Crippen LogP contribution in [0.15, 0.2) is 42.5 Å². The van der Waals surface area contributed by atoms with Gasteiger partial charge in [0.05, 0.1) is 13.7 Å². The summed E-state index contributed by atoms with van der Waals surface area (Å²) in [5.41, 5.74) is 1.94. The van der Waals surface area contributed by atoms with Crippen LogP contribution >= 0.6 is 0 Å². The van der Waals surface area contributed by atoms with Gasteiger partial charge in [0.2, 0.25) is 0 Å². The molecule has 0 spiro atoms. The Morgan fingerprint density at radius 2 is 1.76 bits per heavy atom. The molecule has 0 aromatic heterocycles. The summed E-state index contributed by atoms with van der Waals surface area (Å²) in [7, 11) is 1.61. The lowest BCUT2D eigenvalue weighted by atomic mass is 10.0. The molecule has 0 fully saturated rings. The fourth-order valence-corrected chi connectivity index (χ4v) is 2.00. The molecule has 2 rings (SSSR count). The number of carbonyl (C=O) groups is 1. The number of methoxy groups -OCH3 is 1. The third kappa shape index (κ3) is 3.54. The van der Waals surface area contributed by atoms with E-state index >= 15 is 0 Å². The van der Waals surface area contributed by atoms with E-state index < -0.39 is 5.97 Å². The topological polar surface area (TPSA) is 55.8 Å². The Morgan fingerprint density at radius 3 is 2.33 bits per heavy atom. The van der Waals surface area contributed by atoms with E-state index in [1.165, 1.54) is 0 Å². The Morgan fingerprint density at radius 1 is 1.10 bits per heavy atom. The van der Waals surface area contributed by atoms with Gasteiger partial charge in [-0.2, -0.15) is 0 Å². The van der Waals surface area contributed by atoms with Crippen molar-refractivity contribution in [1.82, 2.24) is 0 Å². The average Bonchev–Trinajstić information content (AvgIpc) is 2.52. The number of carboxylic acid groups (broad SMARTS) is 1. The van der Waals surface area contributed by atoms with Crippen molar-refractivity contribution in [2.24, 2.45) is 0 Å². The summed E-state index contributed by atoms with van der Waals surface area (Å²) in [6.07, 6.45) is 0.833. The zero-order valence-corrected chi connectivity index (χ0v) is 12.1. The quantitative estimate of drug-likeness (QED) is 0.876. The summed E-state index contributed by atoms with van der Waals surface area (Å²) < 4.78 is 10.6. The van der Waals surface area contributed by atoms with Crippen LogP contribution in [0.4, 0.5) is 0 Å². The van der Waals surface area contributed by atoms with E-state index in [4.69, 9.17) is 9.47 Å². The van der Waals surface area contributed by atoms with Gasteiger partial charge in [-0.15, -0.1) is 0 Å². The van der Waals surface area contributed by atoms with Crippen LogP contribution in [-0.2, 0) is 0 Å². The van der Waals surface area contributed by atoms with Gasteiger partial charge in [-0.05, 0) is 41.8 Å². The number of hydrogen-bond donors (Lipinski definition) is 1. The van der Waals surface area contributed by atoms with Crippen molar-refractivity contribution in [3.63, 3.8) is 0 Å². The summed E-state index contributed by atoms with van der Waals surface area (Å²) in [6, 6.07) is 12.7. The second kappa shape index (κ2) is 6.79. The normalized spacial score (nSPS) is 10.2. The zero-order chi connectivity index (χ0) is 15.2. The van der Waals surface area contributed by atoms with Crippen LogP contribution in [0.3, 0.4) is 0 Å². The lowest BCUT2D eigenvalue weighted by Crippen LogP contribution is -2.04. The first-order chi connectivity index (χ1) is 10.2. The van der Waals surface area contributed by atoms with Crippen molar-refractivity contribution >= 4 is 5.97 Å². The second-order valence-electron chi connectivity index (χ2n) is 4.59. The first kappa shape index (κ1) is 14.9. The van der Waals surface area contributed by atoms with Gasteiger partial charge in [-0.25, -0.2) is 4.79 Å². The van der Waals surface area contributed by atoms with Gasteiger partial charge < -0.3 is 14.6 Å². The smallest absolute Gasteiger partial charge is 0.339 e. The number of carboxylic acids is 1. The molecule has 0 radical (unpaired) electrons. The van der Waals surface area contributed by atoms with Crippen LogP contribution in [0.1, 0.15) is 23.7 Å². The minimum Gasteiger partial charge on any atom is -0.497 e. The first-order valence-corrected chi connectivity index (χ1v) is 6.80. The van der Waals surface area contributed by atoms with E-state index in [-0.39, 0.29) is 5.56 Å². The van der Waals surface area contributed by atoms with Crippen molar-refractivity contribution < 1.29 is 19.4 Å². The molecule has 0 saturated carbocycles. The van der Waals surface area contributed by atoms with E-state index in [9.17, 15) is 9.90 Å². The molecule has 4 nitrogen and oxygen atoms in total. The highest BCUT2D eigenvalue weighted by Gasteiger charge is 2.13. The fourth-order valence-electron chi connectivity index (χ4n) is 2.00. The molecule has 0 aliphatic heterocycles. The summed E-state index contributed by atoms with van der Waals surface area (Å²) in [5.74, 6) is 0.179. The van der Waals surface area contributed by atoms with Crippen LogP contribution in [0.5, 0.6) is 11.5 Å². The lowest BCUT2D eigenvalue weighted by molar-refractivity contribution is 0.0692. The second-order valence-corrected chi connectivity index (χ2v) is 4.59. The number of aromatic carboxylic acids is 1. The van der Waals surface area contributed by atoms with Gasteiger partial charge in [0.15, 0.2) is 0 Å². The maximum Gasteiger partial charge on any atom is 0.339 e. The van der Waals surface area contributed by atoms with Crippen molar-refractivity contribution in [2.75, 3.05) is 13.7 Å². The molecule has 0 bridgehead atoms. The Balaban J connectivity index is 2.36. The third-order valence-electron chi connectivity index (χ3n) is 3.10. The number of hydrogen-bond acceptors (Lipinski definition) is 3. The molecule has 0 heterocycles. The maximum atomic E-state index is 11.4. The van der Waals surface area contributed by atoms with Crippen molar-refractivity contribution in [3.8, 4) is 22.6 Å². The van der Waals surface area contributed by atoms with E-state index in [0.29, 0.717) is 12.4 Å². The monoisotopic (exact) mass is 286 g/mol. The zero-order valence-electron chi connectivity index (χ0n) is 12.1. The molecular weight excluding hydrogens is 268 g/mol. The van der Waals surface area contributed by atoms with E-state index in [1.807, 2.05) is 37.3 Å². The first-order valence-electron chi connectivity index (χ1n) is 6.80. The number of benzene rings is 2. The van der Waals surface area contributed by atoms with E-state index in [0.717, 1.165) is 23.3 Å². The summed E-state index contributed by atoms with van der Waals surface area (Å²) >= 11 is 0. The average molecular weight is 286 g/mol. The molecule has 0 aliphatic carbocycles. The van der Waals surface area contributed by atoms with Crippen LogP contribution in [-0.4, -0.2) is 24.8 Å². The Hall–Kier alpha value is -2.49. The van der Waals surface area contributed by atoms with Crippen LogP contribution in [0.2, 0.25) is 0 Å². The molecule has 0 atom stereocenters. The van der Waals surface area contributed by atoms with E-state index in [2.05, 4.69) is 0 Å². The SMILES string of the molecule is CCCOc1ccc(-c2ccc(OC)cc2)cc1C(=O)O. The van der Waals surface area contributed by atoms with Gasteiger partial charge in [-0.1, -0.05) is 25.1 Å². The van der Waals surface area contributed by atoms with Crippen molar-refractivity contribution in [2.45, 2.75) is 13.3 Å². The molecule has 0 saturated heterocycles. The Kier molecular flexibility index (Phi) is 4.82. The molecule has 0 aliphatic rings. The fraction of sp³-hybridized carbons (Fsp3) is 0.235. The van der Waals surface area contributed by atoms with Gasteiger partial charge in [-0.3, -0.25) is 0 Å². The van der Waals surface area contributed by atoms with Gasteiger partial charge in [0.25, 0.3) is 0 Å². The molecule has 1 N–H and O–H groups in total. The predicted octanol–water partition coefficient (Wildman–Crippen LogP) is 3.85. The van der Waals surface area contributed by atoms with Crippen molar-refractivity contribution in [3.05, 3.63) is 48.0 Å². The highest BCUT2D eigenvalue weighted by Crippen LogP contribution is 2.28. The molecule has 0 unspecified atom stereocenters. The summed E-state index contributed by atoms with van der Waals surface area (Å²) in [5, 5.41) is 9.32. The highest BCUT2D eigenvalue weighted by atomic mass is 16.5. The van der Waals surface area contributed by atoms with Gasteiger partial charge >= 0.3 is 5.97 Å². The standard InChI is InChI=1S/C17H18O4/c1-3-10-21-16-9-6-13(11-15(16)17(18)19)12-4-7-14(20-2)8-5-12/h4-9,11H,3,10H2,1-2H3,(H,18,19). The molecule has 4 heteroatoms. The van der Waals surface area contributed by atoms with Crippen molar-refractivity contribution in [1.29, 1.82) is 0 Å². The Bertz CT molecular complexity index is 617. The summed E-state index contributed by atoms with van der Waals surface area (Å²) in [4.78, 5) is 11.4. The number of rotatable bonds is 6. The Labute approximate surface area is 123 Å². The van der Waals surface area contributed by atoms with Gasteiger partial charge in [0.1, 0.15) is 17.1 Å². The highest BCUT2D eigenvalue weighted by molar-refractivity contribution is 5.92. The molecular formula is C17H18O4. The summed E-state index contributed by atoms with van der Waals surface area (Å²) in [6.45, 7) is 2.48. The molecule has 21 heavy (non-hydrogen) atoms. The van der Waals surface area contributed by atoms with Crippen LogP contribution in [0.25, 0.3) is 11.1 Å². The minimum absolute atomic E-state index is 0.178. The molecule has 0 amide bonds. The minimum atomic E-state index is -0.989. The number of ether oxygens (including phenoxy) is 2. The third-order valence-corrected chi connectivity index (χ3v) is 3.10. The van der Waals surface area contributed by atoms with Crippen LogP contribution < -0.4 is 9.47 Å². The largest absolute Gasteiger partial charge is 0.497 e. The molecule has 110 valence electrons. The molecule has 2 aromatic rings. The lowest BCUT2D eigenvalue weighted by Gasteiger charge is -2.10. The predicted molar refractivity (Wildman–Crippen MR) is 81.2 cm³/mol.